The summed E-state index contributed by atoms with van der Waals surface area (Å²) < 4.78 is 26.9. The molecule has 0 radical (unpaired) electrons. The van der Waals surface area contributed by atoms with Gasteiger partial charge < -0.3 is 10.4 Å². The number of rotatable bonds is 4. The standard InChI is InChI=1S/C13H8ClF2N3O3/c14-10-6(7(15)1-2-8(10)16)5-9(20)19-12-11(13(21)22)17-3-4-18-12/h1-4H,5H2,(H,21,22)(H,18,19,20). The van der Waals surface area contributed by atoms with E-state index in [4.69, 9.17) is 16.7 Å². The highest BCUT2D eigenvalue weighted by molar-refractivity contribution is 6.31. The molecule has 1 aromatic carbocycles. The molecule has 0 atom stereocenters. The fourth-order valence-corrected chi connectivity index (χ4v) is 1.87. The molecule has 0 fully saturated rings. The first-order chi connectivity index (χ1) is 10.4. The summed E-state index contributed by atoms with van der Waals surface area (Å²) in [4.78, 5) is 30.0. The molecule has 2 aromatic rings. The number of hydrogen-bond acceptors (Lipinski definition) is 4. The van der Waals surface area contributed by atoms with Gasteiger partial charge in [0, 0.05) is 18.0 Å². The summed E-state index contributed by atoms with van der Waals surface area (Å²) in [7, 11) is 0. The molecule has 0 saturated heterocycles. The third kappa shape index (κ3) is 3.34. The smallest absolute Gasteiger partial charge is 0.358 e. The van der Waals surface area contributed by atoms with Gasteiger partial charge in [-0.2, -0.15) is 0 Å². The number of aromatic carboxylic acids is 1. The van der Waals surface area contributed by atoms with Gasteiger partial charge in [0.2, 0.25) is 5.91 Å². The van der Waals surface area contributed by atoms with Gasteiger partial charge in [-0.15, -0.1) is 0 Å². The minimum absolute atomic E-state index is 0.298. The third-order valence-corrected chi connectivity index (χ3v) is 3.04. The molecule has 2 rings (SSSR count). The molecular formula is C13H8ClF2N3O3. The first-order valence-corrected chi connectivity index (χ1v) is 6.24. The molecule has 0 unspecified atom stereocenters. The fraction of sp³-hybridized carbons (Fsp3) is 0.0769. The van der Waals surface area contributed by atoms with Gasteiger partial charge in [-0.3, -0.25) is 4.79 Å². The quantitative estimate of drug-likeness (QED) is 0.841. The Kier molecular flexibility index (Phi) is 4.62. The summed E-state index contributed by atoms with van der Waals surface area (Å²) in [6.45, 7) is 0. The van der Waals surface area contributed by atoms with E-state index in [1.807, 2.05) is 0 Å². The van der Waals surface area contributed by atoms with Gasteiger partial charge in [-0.1, -0.05) is 11.6 Å². The molecule has 1 amide bonds. The Morgan fingerprint density at radius 2 is 1.82 bits per heavy atom. The molecule has 22 heavy (non-hydrogen) atoms. The van der Waals surface area contributed by atoms with E-state index in [1.54, 1.807) is 0 Å². The highest BCUT2D eigenvalue weighted by Crippen LogP contribution is 2.23. The van der Waals surface area contributed by atoms with Crippen LogP contribution in [0.1, 0.15) is 16.1 Å². The van der Waals surface area contributed by atoms with E-state index >= 15 is 0 Å². The lowest BCUT2D eigenvalue weighted by molar-refractivity contribution is -0.115. The van der Waals surface area contributed by atoms with Crippen molar-refractivity contribution in [1.82, 2.24) is 9.97 Å². The van der Waals surface area contributed by atoms with Crippen LogP contribution in [0, 0.1) is 11.6 Å². The maximum absolute atomic E-state index is 13.6. The van der Waals surface area contributed by atoms with Crippen molar-refractivity contribution in [3.63, 3.8) is 0 Å². The number of carboxylic acids is 1. The van der Waals surface area contributed by atoms with Crippen molar-refractivity contribution in [1.29, 1.82) is 0 Å². The van der Waals surface area contributed by atoms with Crippen LogP contribution in [0.15, 0.2) is 24.5 Å². The Labute approximate surface area is 127 Å². The molecule has 9 heteroatoms. The number of nitrogens with one attached hydrogen (secondary N) is 1. The van der Waals surface area contributed by atoms with Gasteiger partial charge in [0.05, 0.1) is 11.4 Å². The molecule has 1 heterocycles. The summed E-state index contributed by atoms with van der Waals surface area (Å²) in [6.07, 6.45) is 1.73. The van der Waals surface area contributed by atoms with E-state index in [-0.39, 0.29) is 11.4 Å². The van der Waals surface area contributed by atoms with Crippen molar-refractivity contribution in [3.8, 4) is 0 Å². The van der Waals surface area contributed by atoms with Crippen LogP contribution in [-0.2, 0) is 11.2 Å². The van der Waals surface area contributed by atoms with Crippen LogP contribution in [0.4, 0.5) is 14.6 Å². The van der Waals surface area contributed by atoms with E-state index in [2.05, 4.69) is 15.3 Å². The lowest BCUT2D eigenvalue weighted by Gasteiger charge is -2.08. The number of amides is 1. The molecule has 2 N–H and O–H groups in total. The van der Waals surface area contributed by atoms with Crippen molar-refractivity contribution in [3.05, 3.63) is 52.4 Å². The molecule has 0 saturated carbocycles. The van der Waals surface area contributed by atoms with Gasteiger partial charge in [-0.05, 0) is 12.1 Å². The van der Waals surface area contributed by atoms with Gasteiger partial charge in [-0.25, -0.2) is 23.5 Å². The Bertz CT molecular complexity index is 755. The van der Waals surface area contributed by atoms with Crippen molar-refractivity contribution < 1.29 is 23.5 Å². The minimum Gasteiger partial charge on any atom is -0.476 e. The van der Waals surface area contributed by atoms with Crippen LogP contribution in [0.2, 0.25) is 5.02 Å². The number of nitrogens with zero attached hydrogens (tertiary/aromatic N) is 2. The second kappa shape index (κ2) is 6.44. The Balaban J connectivity index is 2.22. The van der Waals surface area contributed by atoms with Crippen LogP contribution < -0.4 is 5.32 Å². The SMILES string of the molecule is O=C(Cc1c(F)ccc(F)c1Cl)Nc1nccnc1C(=O)O. The molecule has 0 spiro atoms. The van der Waals surface area contributed by atoms with E-state index in [1.165, 1.54) is 6.20 Å². The van der Waals surface area contributed by atoms with E-state index < -0.39 is 40.6 Å². The largest absolute Gasteiger partial charge is 0.476 e. The van der Waals surface area contributed by atoms with E-state index in [0.717, 1.165) is 18.3 Å². The molecule has 1 aromatic heterocycles. The monoisotopic (exact) mass is 327 g/mol. The number of halogens is 3. The third-order valence-electron chi connectivity index (χ3n) is 2.63. The van der Waals surface area contributed by atoms with Crippen LogP contribution in [-0.4, -0.2) is 27.0 Å². The fourth-order valence-electron chi connectivity index (χ4n) is 1.65. The predicted molar refractivity (Wildman–Crippen MR) is 72.7 cm³/mol. The Hall–Kier alpha value is -2.61. The molecule has 0 bridgehead atoms. The lowest BCUT2D eigenvalue weighted by atomic mass is 10.1. The minimum atomic E-state index is -1.39. The van der Waals surface area contributed by atoms with Crippen LogP contribution >= 0.6 is 11.6 Å². The van der Waals surface area contributed by atoms with Crippen molar-refractivity contribution in [2.75, 3.05) is 5.32 Å². The summed E-state index contributed by atoms with van der Waals surface area (Å²) in [5, 5.41) is 10.6. The Morgan fingerprint density at radius 3 is 2.50 bits per heavy atom. The van der Waals surface area contributed by atoms with Crippen molar-refractivity contribution >= 4 is 29.3 Å². The van der Waals surface area contributed by atoms with E-state index in [9.17, 15) is 18.4 Å². The van der Waals surface area contributed by atoms with E-state index in [0.29, 0.717) is 0 Å². The normalized spacial score (nSPS) is 10.3. The molecule has 0 aliphatic rings. The number of aromatic nitrogens is 2. The van der Waals surface area contributed by atoms with Crippen LogP contribution in [0.3, 0.4) is 0 Å². The van der Waals surface area contributed by atoms with Crippen molar-refractivity contribution in [2.24, 2.45) is 0 Å². The zero-order chi connectivity index (χ0) is 16.3. The maximum atomic E-state index is 13.6. The second-order valence-corrected chi connectivity index (χ2v) is 4.48. The number of hydrogen-bond donors (Lipinski definition) is 2. The highest BCUT2D eigenvalue weighted by atomic mass is 35.5. The lowest BCUT2D eigenvalue weighted by Crippen LogP contribution is -2.19. The molecule has 114 valence electrons. The summed E-state index contributed by atoms with van der Waals surface area (Å²) in [5.74, 6) is -4.21. The van der Waals surface area contributed by atoms with Crippen LogP contribution in [0.5, 0.6) is 0 Å². The Morgan fingerprint density at radius 1 is 1.18 bits per heavy atom. The first-order valence-electron chi connectivity index (χ1n) is 5.86. The van der Waals surface area contributed by atoms with Gasteiger partial charge in [0.25, 0.3) is 0 Å². The van der Waals surface area contributed by atoms with Crippen LogP contribution in [0.25, 0.3) is 0 Å². The summed E-state index contributed by atoms with van der Waals surface area (Å²) >= 11 is 5.61. The highest BCUT2D eigenvalue weighted by Gasteiger charge is 2.19. The average Bonchev–Trinajstić information content (AvgIpc) is 2.48. The zero-order valence-corrected chi connectivity index (χ0v) is 11.6. The second-order valence-electron chi connectivity index (χ2n) is 4.11. The number of anilines is 1. The van der Waals surface area contributed by atoms with Gasteiger partial charge in [0.15, 0.2) is 11.5 Å². The number of carbonyl (C=O) groups excluding carboxylic acids is 1. The summed E-state index contributed by atoms with van der Waals surface area (Å²) in [5.41, 5.74) is -0.804. The predicted octanol–water partition coefficient (Wildman–Crippen LogP) is 2.29. The summed E-state index contributed by atoms with van der Waals surface area (Å²) in [6, 6.07) is 1.68. The molecule has 0 aliphatic heterocycles. The van der Waals surface area contributed by atoms with Gasteiger partial charge >= 0.3 is 5.97 Å². The number of carbonyl (C=O) groups is 2. The number of carboxylic acid groups (broad SMARTS) is 1. The molecular weight excluding hydrogens is 320 g/mol. The number of benzene rings is 1. The molecule has 0 aliphatic carbocycles. The topological polar surface area (TPSA) is 92.2 Å². The maximum Gasteiger partial charge on any atom is 0.358 e. The van der Waals surface area contributed by atoms with Crippen molar-refractivity contribution in [2.45, 2.75) is 6.42 Å². The van der Waals surface area contributed by atoms with Gasteiger partial charge in [0.1, 0.15) is 11.6 Å². The zero-order valence-electron chi connectivity index (χ0n) is 10.8. The average molecular weight is 328 g/mol. The first kappa shape index (κ1) is 15.8. The molecule has 6 nitrogen and oxygen atoms in total.